The summed E-state index contributed by atoms with van der Waals surface area (Å²) in [5, 5.41) is 0. The maximum atomic E-state index is 2.63. The van der Waals surface area contributed by atoms with Crippen LogP contribution in [0.5, 0.6) is 0 Å². The van der Waals surface area contributed by atoms with Crippen LogP contribution < -0.4 is 0 Å². The van der Waals surface area contributed by atoms with Gasteiger partial charge in [0.05, 0.1) is 0 Å². The number of piperidine rings is 1. The summed E-state index contributed by atoms with van der Waals surface area (Å²) in [4.78, 5) is 2.63. The highest BCUT2D eigenvalue weighted by Crippen LogP contribution is 2.27. The van der Waals surface area contributed by atoms with Gasteiger partial charge in [0, 0.05) is 19.6 Å². The Morgan fingerprint density at radius 2 is 1.88 bits per heavy atom. The molecule has 94 valence electrons. The Morgan fingerprint density at radius 3 is 2.53 bits per heavy atom. The first-order chi connectivity index (χ1) is 8.15. The number of benzene rings is 1. The van der Waals surface area contributed by atoms with Crippen LogP contribution in [0.4, 0.5) is 0 Å². The van der Waals surface area contributed by atoms with Gasteiger partial charge in [-0.1, -0.05) is 51.1 Å². The van der Waals surface area contributed by atoms with Gasteiger partial charge in [0.2, 0.25) is 0 Å². The van der Waals surface area contributed by atoms with Gasteiger partial charge in [-0.15, -0.1) is 0 Å². The molecule has 0 aromatic heterocycles. The molecule has 0 spiro atoms. The lowest BCUT2D eigenvalue weighted by Crippen LogP contribution is -2.40. The summed E-state index contributed by atoms with van der Waals surface area (Å²) in [5.41, 5.74) is 1.45. The molecule has 1 saturated heterocycles. The highest BCUT2D eigenvalue weighted by molar-refractivity contribution is 5.14. The lowest BCUT2D eigenvalue weighted by molar-refractivity contribution is 0.101. The fourth-order valence-electron chi connectivity index (χ4n) is 2.97. The summed E-state index contributed by atoms with van der Waals surface area (Å²) < 4.78 is 0. The lowest BCUT2D eigenvalue weighted by atomic mass is 9.83. The van der Waals surface area contributed by atoms with Gasteiger partial charge < -0.3 is 0 Å². The van der Waals surface area contributed by atoms with Crippen molar-refractivity contribution in [3.63, 3.8) is 0 Å². The first-order valence-corrected chi connectivity index (χ1v) is 6.91. The maximum absolute atomic E-state index is 2.63. The van der Waals surface area contributed by atoms with E-state index in [1.54, 1.807) is 0 Å². The van der Waals surface area contributed by atoms with E-state index in [-0.39, 0.29) is 0 Å². The van der Waals surface area contributed by atoms with Crippen LogP contribution in [0.2, 0.25) is 0 Å². The minimum absolute atomic E-state index is 0.816. The van der Waals surface area contributed by atoms with Crippen LogP contribution in [0.1, 0.15) is 32.8 Å². The predicted octanol–water partition coefficient (Wildman–Crippen LogP) is 3.80. The summed E-state index contributed by atoms with van der Waals surface area (Å²) >= 11 is 0. The monoisotopic (exact) mass is 231 g/mol. The molecule has 1 aliphatic rings. The summed E-state index contributed by atoms with van der Waals surface area (Å²) in [6, 6.07) is 10.9. The second kappa shape index (κ2) is 5.68. The molecule has 17 heavy (non-hydrogen) atoms. The Morgan fingerprint density at radius 1 is 1.18 bits per heavy atom. The Labute approximate surface area is 106 Å². The minimum atomic E-state index is 0.816. The zero-order chi connectivity index (χ0) is 12.3. The van der Waals surface area contributed by atoms with Crippen molar-refractivity contribution in [2.75, 3.05) is 13.1 Å². The average molecular weight is 231 g/mol. The fourth-order valence-corrected chi connectivity index (χ4v) is 2.97. The van der Waals surface area contributed by atoms with Crippen LogP contribution in [0, 0.1) is 17.8 Å². The molecular formula is C16H25N. The Hall–Kier alpha value is -0.820. The molecule has 2 rings (SSSR count). The highest BCUT2D eigenvalue weighted by Gasteiger charge is 2.26. The van der Waals surface area contributed by atoms with E-state index < -0.39 is 0 Å². The van der Waals surface area contributed by atoms with E-state index in [0.29, 0.717) is 0 Å². The van der Waals surface area contributed by atoms with E-state index in [4.69, 9.17) is 0 Å². The van der Waals surface area contributed by atoms with Crippen molar-refractivity contribution in [1.82, 2.24) is 4.90 Å². The number of rotatable bonds is 3. The second-order valence-corrected chi connectivity index (χ2v) is 6.02. The van der Waals surface area contributed by atoms with Crippen molar-refractivity contribution in [3.05, 3.63) is 35.9 Å². The van der Waals surface area contributed by atoms with Gasteiger partial charge >= 0.3 is 0 Å². The third kappa shape index (κ3) is 3.57. The number of likely N-dealkylation sites (tertiary alicyclic amines) is 1. The topological polar surface area (TPSA) is 3.24 Å². The fraction of sp³-hybridized carbons (Fsp3) is 0.625. The van der Waals surface area contributed by atoms with Gasteiger partial charge in [0.1, 0.15) is 0 Å². The molecule has 2 atom stereocenters. The lowest BCUT2D eigenvalue weighted by Gasteiger charge is -2.38. The molecule has 0 aliphatic carbocycles. The van der Waals surface area contributed by atoms with E-state index in [0.717, 1.165) is 24.3 Å². The van der Waals surface area contributed by atoms with Crippen molar-refractivity contribution < 1.29 is 0 Å². The van der Waals surface area contributed by atoms with Crippen LogP contribution in [-0.2, 0) is 6.54 Å². The van der Waals surface area contributed by atoms with Gasteiger partial charge in [-0.3, -0.25) is 4.90 Å². The zero-order valence-electron chi connectivity index (χ0n) is 11.4. The molecule has 1 nitrogen and oxygen atoms in total. The molecule has 0 radical (unpaired) electrons. The first kappa shape index (κ1) is 12.6. The van der Waals surface area contributed by atoms with Gasteiger partial charge in [-0.25, -0.2) is 0 Å². The average Bonchev–Trinajstić information content (AvgIpc) is 2.29. The van der Waals surface area contributed by atoms with Gasteiger partial charge in [-0.2, -0.15) is 0 Å². The maximum Gasteiger partial charge on any atom is 0.0233 e. The normalized spacial score (nSPS) is 26.4. The molecule has 1 aliphatic heterocycles. The highest BCUT2D eigenvalue weighted by atomic mass is 15.1. The van der Waals surface area contributed by atoms with E-state index in [2.05, 4.69) is 56.0 Å². The molecule has 1 heterocycles. The van der Waals surface area contributed by atoms with Crippen LogP contribution in [0.3, 0.4) is 0 Å². The molecule has 0 N–H and O–H groups in total. The second-order valence-electron chi connectivity index (χ2n) is 6.02. The molecule has 0 amide bonds. The van der Waals surface area contributed by atoms with E-state index in [1.807, 2.05) is 0 Å². The van der Waals surface area contributed by atoms with Crippen molar-refractivity contribution in [1.29, 1.82) is 0 Å². The molecular weight excluding hydrogens is 206 g/mol. The summed E-state index contributed by atoms with van der Waals surface area (Å²) in [6.45, 7) is 10.8. The minimum Gasteiger partial charge on any atom is -0.299 e. The molecule has 1 aromatic carbocycles. The van der Waals surface area contributed by atoms with E-state index in [9.17, 15) is 0 Å². The van der Waals surface area contributed by atoms with E-state index >= 15 is 0 Å². The molecule has 1 aromatic rings. The van der Waals surface area contributed by atoms with Gasteiger partial charge in [0.25, 0.3) is 0 Å². The van der Waals surface area contributed by atoms with Crippen LogP contribution in [0.15, 0.2) is 30.3 Å². The molecule has 2 unspecified atom stereocenters. The first-order valence-electron chi connectivity index (χ1n) is 6.91. The predicted molar refractivity (Wildman–Crippen MR) is 73.8 cm³/mol. The number of hydrogen-bond acceptors (Lipinski definition) is 1. The summed E-state index contributed by atoms with van der Waals surface area (Å²) in [5.74, 6) is 2.54. The zero-order valence-corrected chi connectivity index (χ0v) is 11.4. The molecule has 0 saturated carbocycles. The van der Waals surface area contributed by atoms with Crippen molar-refractivity contribution in [2.24, 2.45) is 17.8 Å². The van der Waals surface area contributed by atoms with Gasteiger partial charge in [-0.05, 0) is 29.7 Å². The standard InChI is InChI=1S/C16H25N/c1-13(2)16-9-14(3)10-17(12-16)11-15-7-5-4-6-8-15/h4-8,13-14,16H,9-12H2,1-3H3. The van der Waals surface area contributed by atoms with Crippen molar-refractivity contribution >= 4 is 0 Å². The quantitative estimate of drug-likeness (QED) is 0.765. The third-order valence-corrected chi connectivity index (χ3v) is 3.96. The Kier molecular flexibility index (Phi) is 4.22. The molecule has 1 fully saturated rings. The summed E-state index contributed by atoms with van der Waals surface area (Å²) in [7, 11) is 0. The number of hydrogen-bond donors (Lipinski definition) is 0. The van der Waals surface area contributed by atoms with E-state index in [1.165, 1.54) is 25.1 Å². The SMILES string of the molecule is CC1CC(C(C)C)CN(Cc2ccccc2)C1. The molecule has 0 bridgehead atoms. The van der Waals surface area contributed by atoms with Crippen LogP contribution in [-0.4, -0.2) is 18.0 Å². The number of nitrogens with zero attached hydrogens (tertiary/aromatic N) is 1. The van der Waals surface area contributed by atoms with Crippen LogP contribution >= 0.6 is 0 Å². The van der Waals surface area contributed by atoms with Gasteiger partial charge in [0.15, 0.2) is 0 Å². The summed E-state index contributed by atoms with van der Waals surface area (Å²) in [6.07, 6.45) is 1.41. The Bertz CT molecular complexity index is 331. The third-order valence-electron chi connectivity index (χ3n) is 3.96. The largest absolute Gasteiger partial charge is 0.299 e. The van der Waals surface area contributed by atoms with Crippen molar-refractivity contribution in [3.8, 4) is 0 Å². The smallest absolute Gasteiger partial charge is 0.0233 e. The Balaban J connectivity index is 1.96. The molecule has 1 heteroatoms. The van der Waals surface area contributed by atoms with Crippen molar-refractivity contribution in [2.45, 2.75) is 33.7 Å². The van der Waals surface area contributed by atoms with Crippen LogP contribution in [0.25, 0.3) is 0 Å².